The van der Waals surface area contributed by atoms with E-state index in [0.717, 1.165) is 23.4 Å². The Hall–Kier alpha value is -1.39. The normalized spacial score (nSPS) is 14.6. The first-order valence-corrected chi connectivity index (χ1v) is 7.97. The van der Waals surface area contributed by atoms with Crippen LogP contribution in [0.2, 0.25) is 0 Å². The van der Waals surface area contributed by atoms with Crippen LogP contribution in [-0.4, -0.2) is 14.5 Å². The number of aromatic nitrogens is 3. The van der Waals surface area contributed by atoms with E-state index >= 15 is 0 Å². The Bertz CT molecular complexity index is 703. The third-order valence-electron chi connectivity index (χ3n) is 3.35. The third-order valence-corrected chi connectivity index (χ3v) is 4.44. The number of thiophene rings is 1. The minimum atomic E-state index is -0.130. The Kier molecular flexibility index (Phi) is 3.76. The maximum Gasteiger partial charge on any atom is 0.160 e. The number of hydrogen-bond donors (Lipinski definition) is 0. The summed E-state index contributed by atoms with van der Waals surface area (Å²) in [5.41, 5.74) is 1.83. The lowest BCUT2D eigenvalue weighted by atomic mass is 10.2. The van der Waals surface area contributed by atoms with Crippen LogP contribution in [0.25, 0.3) is 11.2 Å². The molecule has 3 nitrogen and oxygen atoms in total. The van der Waals surface area contributed by atoms with Gasteiger partial charge in [-0.3, -0.25) is 0 Å². The molecule has 2 atom stereocenters. The summed E-state index contributed by atoms with van der Waals surface area (Å²) in [5.74, 6) is 0.893. The smallest absolute Gasteiger partial charge is 0.160 e. The summed E-state index contributed by atoms with van der Waals surface area (Å²) < 4.78 is 2.17. The molecule has 0 bridgehead atoms. The molecule has 0 aliphatic heterocycles. The fourth-order valence-electron chi connectivity index (χ4n) is 2.47. The number of fused-ring (bicyclic) bond motifs is 1. The molecule has 3 rings (SSSR count). The first-order valence-electron chi connectivity index (χ1n) is 6.66. The lowest BCUT2D eigenvalue weighted by Gasteiger charge is -2.17. The summed E-state index contributed by atoms with van der Waals surface area (Å²) in [4.78, 5) is 10.5. The quantitative estimate of drug-likeness (QED) is 0.660. The molecule has 0 saturated heterocycles. The van der Waals surface area contributed by atoms with Gasteiger partial charge in [-0.05, 0) is 37.4 Å². The van der Waals surface area contributed by atoms with E-state index in [1.54, 1.807) is 17.5 Å². The maximum atomic E-state index is 6.30. The van der Waals surface area contributed by atoms with Crippen molar-refractivity contribution in [2.75, 3.05) is 0 Å². The van der Waals surface area contributed by atoms with Crippen LogP contribution in [0.1, 0.15) is 36.0 Å². The van der Waals surface area contributed by atoms with E-state index in [2.05, 4.69) is 39.0 Å². The highest BCUT2D eigenvalue weighted by Crippen LogP contribution is 2.29. The van der Waals surface area contributed by atoms with E-state index < -0.39 is 0 Å². The van der Waals surface area contributed by atoms with Crippen molar-refractivity contribution in [1.82, 2.24) is 14.5 Å². The van der Waals surface area contributed by atoms with Crippen molar-refractivity contribution in [3.05, 3.63) is 46.5 Å². The van der Waals surface area contributed by atoms with E-state index in [9.17, 15) is 0 Å². The summed E-state index contributed by atoms with van der Waals surface area (Å²) in [6, 6.07) is 8.43. The Morgan fingerprint density at radius 3 is 2.85 bits per heavy atom. The van der Waals surface area contributed by atoms with E-state index in [1.165, 1.54) is 4.88 Å². The van der Waals surface area contributed by atoms with Gasteiger partial charge < -0.3 is 4.57 Å². The van der Waals surface area contributed by atoms with Crippen LogP contribution in [0.4, 0.5) is 0 Å². The second kappa shape index (κ2) is 5.54. The van der Waals surface area contributed by atoms with Crippen LogP contribution < -0.4 is 0 Å². The molecular formula is C15H16ClN3S. The average Bonchev–Trinajstić information content (AvgIpc) is 3.04. The SMILES string of the molecule is CC(Cl)c1nc2cccnc2n1C(C)Cc1cccs1. The van der Waals surface area contributed by atoms with E-state index in [4.69, 9.17) is 11.6 Å². The number of hydrogen-bond acceptors (Lipinski definition) is 3. The first kappa shape index (κ1) is 13.6. The molecule has 20 heavy (non-hydrogen) atoms. The van der Waals surface area contributed by atoms with Crippen LogP contribution in [0.5, 0.6) is 0 Å². The predicted octanol–water partition coefficient (Wildman–Crippen LogP) is 4.60. The molecule has 0 fully saturated rings. The molecule has 5 heteroatoms. The Balaban J connectivity index is 2.06. The van der Waals surface area contributed by atoms with Crippen molar-refractivity contribution in [2.24, 2.45) is 0 Å². The van der Waals surface area contributed by atoms with E-state index in [-0.39, 0.29) is 11.4 Å². The minimum Gasteiger partial charge on any atom is -0.308 e. The van der Waals surface area contributed by atoms with Crippen molar-refractivity contribution < 1.29 is 0 Å². The second-order valence-electron chi connectivity index (χ2n) is 4.93. The monoisotopic (exact) mass is 305 g/mol. The van der Waals surface area contributed by atoms with Crippen molar-refractivity contribution >= 4 is 34.1 Å². The maximum absolute atomic E-state index is 6.30. The standard InChI is InChI=1S/C15H16ClN3S/c1-10(9-12-5-4-8-20-12)19-14(11(2)16)18-13-6-3-7-17-15(13)19/h3-8,10-11H,9H2,1-2H3. The van der Waals surface area contributed by atoms with Gasteiger partial charge in [0.05, 0.1) is 5.38 Å². The average molecular weight is 306 g/mol. The molecule has 2 unspecified atom stereocenters. The number of imidazole rings is 1. The van der Waals surface area contributed by atoms with Crippen molar-refractivity contribution in [3.63, 3.8) is 0 Å². The molecule has 0 saturated carbocycles. The summed E-state index contributed by atoms with van der Waals surface area (Å²) in [7, 11) is 0. The summed E-state index contributed by atoms with van der Waals surface area (Å²) in [6.45, 7) is 4.15. The highest BCUT2D eigenvalue weighted by Gasteiger charge is 2.20. The van der Waals surface area contributed by atoms with Crippen LogP contribution in [0.15, 0.2) is 35.8 Å². The highest BCUT2D eigenvalue weighted by atomic mass is 35.5. The Labute approximate surface area is 127 Å². The lowest BCUT2D eigenvalue weighted by molar-refractivity contribution is 0.535. The van der Waals surface area contributed by atoms with Gasteiger partial charge in [-0.2, -0.15) is 0 Å². The van der Waals surface area contributed by atoms with Gasteiger partial charge >= 0.3 is 0 Å². The zero-order chi connectivity index (χ0) is 14.1. The lowest BCUT2D eigenvalue weighted by Crippen LogP contribution is -2.12. The number of rotatable bonds is 4. The molecule has 0 N–H and O–H groups in total. The third kappa shape index (κ3) is 2.45. The zero-order valence-corrected chi connectivity index (χ0v) is 13.0. The molecule has 0 aliphatic carbocycles. The van der Waals surface area contributed by atoms with Gasteiger partial charge in [-0.1, -0.05) is 6.07 Å². The first-order chi connectivity index (χ1) is 9.66. The summed E-state index contributed by atoms with van der Waals surface area (Å²) in [5, 5.41) is 1.98. The molecule has 0 spiro atoms. The van der Waals surface area contributed by atoms with Gasteiger partial charge in [0.25, 0.3) is 0 Å². The molecule has 3 aromatic heterocycles. The van der Waals surface area contributed by atoms with Crippen LogP contribution in [-0.2, 0) is 6.42 Å². The summed E-state index contributed by atoms with van der Waals surface area (Å²) in [6.07, 6.45) is 2.78. The van der Waals surface area contributed by atoms with Gasteiger partial charge in [0.2, 0.25) is 0 Å². The summed E-state index contributed by atoms with van der Waals surface area (Å²) >= 11 is 8.08. The fourth-order valence-corrected chi connectivity index (χ4v) is 3.45. The largest absolute Gasteiger partial charge is 0.308 e. The fraction of sp³-hybridized carbons (Fsp3) is 0.333. The van der Waals surface area contributed by atoms with Gasteiger partial charge in [0, 0.05) is 23.5 Å². The van der Waals surface area contributed by atoms with Crippen LogP contribution in [0, 0.1) is 0 Å². The van der Waals surface area contributed by atoms with Gasteiger partial charge in [0.15, 0.2) is 5.65 Å². The van der Waals surface area contributed by atoms with E-state index in [1.807, 2.05) is 19.1 Å². The second-order valence-corrected chi connectivity index (χ2v) is 6.62. The van der Waals surface area contributed by atoms with Crippen molar-refractivity contribution in [3.8, 4) is 0 Å². The highest BCUT2D eigenvalue weighted by molar-refractivity contribution is 7.09. The molecule has 3 heterocycles. The number of nitrogens with zero attached hydrogens (tertiary/aromatic N) is 3. The Morgan fingerprint density at radius 1 is 1.30 bits per heavy atom. The Morgan fingerprint density at radius 2 is 2.15 bits per heavy atom. The molecule has 0 aromatic carbocycles. The number of alkyl halides is 1. The molecule has 104 valence electrons. The van der Waals surface area contributed by atoms with Crippen LogP contribution in [0.3, 0.4) is 0 Å². The number of halogens is 1. The molecule has 0 radical (unpaired) electrons. The van der Waals surface area contributed by atoms with Crippen LogP contribution >= 0.6 is 22.9 Å². The van der Waals surface area contributed by atoms with Crippen molar-refractivity contribution in [1.29, 1.82) is 0 Å². The molecule has 0 aliphatic rings. The molecular weight excluding hydrogens is 290 g/mol. The van der Waals surface area contributed by atoms with Gasteiger partial charge in [-0.25, -0.2) is 9.97 Å². The zero-order valence-electron chi connectivity index (χ0n) is 11.5. The molecule has 0 amide bonds. The van der Waals surface area contributed by atoms with Crippen molar-refractivity contribution in [2.45, 2.75) is 31.7 Å². The van der Waals surface area contributed by atoms with Gasteiger partial charge in [0.1, 0.15) is 11.3 Å². The number of pyridine rings is 1. The minimum absolute atomic E-state index is 0.130. The van der Waals surface area contributed by atoms with Gasteiger partial charge in [-0.15, -0.1) is 22.9 Å². The topological polar surface area (TPSA) is 30.7 Å². The van der Waals surface area contributed by atoms with E-state index in [0.29, 0.717) is 0 Å². The predicted molar refractivity (Wildman–Crippen MR) is 84.5 cm³/mol. The molecule has 3 aromatic rings.